The summed E-state index contributed by atoms with van der Waals surface area (Å²) in [7, 11) is 0. The lowest BCUT2D eigenvalue weighted by molar-refractivity contribution is 0.0926. The number of ketones is 1. The van der Waals surface area contributed by atoms with E-state index in [-0.39, 0.29) is 11.7 Å². The number of carbonyl (C=O) groups excluding carboxylic acids is 1. The first-order valence-electron chi connectivity index (χ1n) is 7.00. The third-order valence-electron chi connectivity index (χ3n) is 3.99. The highest BCUT2D eigenvalue weighted by Gasteiger charge is 2.29. The molecule has 0 spiro atoms. The number of hydrogen-bond acceptors (Lipinski definition) is 1. The molecule has 1 nitrogen and oxygen atoms in total. The molecule has 0 saturated heterocycles. The van der Waals surface area contributed by atoms with Crippen LogP contribution in [0.3, 0.4) is 0 Å². The fraction of sp³-hybridized carbons (Fsp3) is 0.278. The Morgan fingerprint density at radius 3 is 2.53 bits per heavy atom. The average Bonchev–Trinajstić information content (AvgIpc) is 3.01. The number of benzene rings is 1. The third kappa shape index (κ3) is 2.46. The van der Waals surface area contributed by atoms with Crippen molar-refractivity contribution in [3.63, 3.8) is 0 Å². The van der Waals surface area contributed by atoms with E-state index in [2.05, 4.69) is 30.4 Å². The topological polar surface area (TPSA) is 17.1 Å². The van der Waals surface area contributed by atoms with Gasteiger partial charge in [0, 0.05) is 17.4 Å². The molecule has 1 unspecified atom stereocenters. The van der Waals surface area contributed by atoms with Crippen LogP contribution in [0.15, 0.2) is 66.3 Å². The summed E-state index contributed by atoms with van der Waals surface area (Å²) < 4.78 is 0. The fourth-order valence-electron chi connectivity index (χ4n) is 3.01. The minimum Gasteiger partial charge on any atom is -0.294 e. The van der Waals surface area contributed by atoms with Gasteiger partial charge in [-0.2, -0.15) is 0 Å². The number of allylic oxidation sites excluding steroid dienone is 6. The molecule has 0 radical (unpaired) electrons. The highest BCUT2D eigenvalue weighted by Crippen LogP contribution is 2.35. The average molecular weight is 250 g/mol. The van der Waals surface area contributed by atoms with Crippen LogP contribution in [0, 0.1) is 11.8 Å². The number of Topliss-reactive ketones (excluding diaryl/α,β-unsaturated/α-hetero) is 1. The summed E-state index contributed by atoms with van der Waals surface area (Å²) in [4.78, 5) is 12.7. The van der Waals surface area contributed by atoms with Gasteiger partial charge < -0.3 is 0 Å². The fourth-order valence-corrected chi connectivity index (χ4v) is 3.01. The first-order chi connectivity index (χ1) is 9.36. The van der Waals surface area contributed by atoms with Crippen molar-refractivity contribution < 1.29 is 4.79 Å². The second-order valence-corrected chi connectivity index (χ2v) is 5.21. The largest absolute Gasteiger partial charge is 0.294 e. The SMILES string of the molecule is O=C(c1ccccc1)C1CCCC=C1C1C=CC=C1. The Balaban J connectivity index is 1.88. The minimum absolute atomic E-state index is 0.0635. The molecule has 19 heavy (non-hydrogen) atoms. The van der Waals surface area contributed by atoms with Gasteiger partial charge in [0.1, 0.15) is 0 Å². The van der Waals surface area contributed by atoms with Crippen LogP contribution in [0.1, 0.15) is 29.6 Å². The predicted molar refractivity (Wildman–Crippen MR) is 78.0 cm³/mol. The summed E-state index contributed by atoms with van der Waals surface area (Å²) >= 11 is 0. The lowest BCUT2D eigenvalue weighted by Gasteiger charge is -2.26. The Hall–Kier alpha value is -1.89. The second-order valence-electron chi connectivity index (χ2n) is 5.21. The highest BCUT2D eigenvalue weighted by molar-refractivity contribution is 5.99. The second kappa shape index (κ2) is 5.40. The van der Waals surface area contributed by atoms with Crippen LogP contribution in [0.2, 0.25) is 0 Å². The quantitative estimate of drug-likeness (QED) is 0.576. The van der Waals surface area contributed by atoms with E-state index in [4.69, 9.17) is 0 Å². The third-order valence-corrected chi connectivity index (χ3v) is 3.99. The molecule has 1 atom stereocenters. The van der Waals surface area contributed by atoms with Gasteiger partial charge >= 0.3 is 0 Å². The zero-order valence-electron chi connectivity index (χ0n) is 11.0. The van der Waals surface area contributed by atoms with Crippen LogP contribution in [-0.4, -0.2) is 5.78 Å². The van der Waals surface area contributed by atoms with Gasteiger partial charge in [0.15, 0.2) is 5.78 Å². The zero-order chi connectivity index (χ0) is 13.1. The van der Waals surface area contributed by atoms with Crippen molar-refractivity contribution in [2.24, 2.45) is 11.8 Å². The Morgan fingerprint density at radius 2 is 1.79 bits per heavy atom. The molecule has 3 rings (SSSR count). The standard InChI is InChI=1S/C18H18O/c19-18(15-10-2-1-3-11-15)17-13-7-6-12-16(17)14-8-4-5-9-14/h1-5,8-12,14,17H,6-7,13H2. The molecule has 1 aromatic rings. The molecule has 0 fully saturated rings. The van der Waals surface area contributed by atoms with Crippen molar-refractivity contribution in [1.29, 1.82) is 0 Å². The molecule has 0 heterocycles. The summed E-state index contributed by atoms with van der Waals surface area (Å²) in [5.74, 6) is 0.673. The Morgan fingerprint density at radius 1 is 1.05 bits per heavy atom. The highest BCUT2D eigenvalue weighted by atomic mass is 16.1. The van der Waals surface area contributed by atoms with Gasteiger partial charge in [0.25, 0.3) is 0 Å². The number of rotatable bonds is 3. The van der Waals surface area contributed by atoms with E-state index in [0.717, 1.165) is 24.8 Å². The normalized spacial score (nSPS) is 22.5. The van der Waals surface area contributed by atoms with Gasteiger partial charge in [-0.25, -0.2) is 0 Å². The summed E-state index contributed by atoms with van der Waals surface area (Å²) in [6.45, 7) is 0. The molecular weight excluding hydrogens is 232 g/mol. The molecular formula is C18H18O. The minimum atomic E-state index is 0.0635. The van der Waals surface area contributed by atoms with Crippen molar-refractivity contribution in [3.8, 4) is 0 Å². The van der Waals surface area contributed by atoms with E-state index in [1.54, 1.807) is 0 Å². The molecule has 0 bridgehead atoms. The lowest BCUT2D eigenvalue weighted by atomic mass is 9.77. The number of hydrogen-bond donors (Lipinski definition) is 0. The first-order valence-corrected chi connectivity index (χ1v) is 7.00. The van der Waals surface area contributed by atoms with Gasteiger partial charge in [0.05, 0.1) is 0 Å². The van der Waals surface area contributed by atoms with Crippen LogP contribution in [-0.2, 0) is 0 Å². The van der Waals surface area contributed by atoms with E-state index >= 15 is 0 Å². The Kier molecular flexibility index (Phi) is 3.45. The van der Waals surface area contributed by atoms with E-state index in [1.165, 1.54) is 5.57 Å². The molecule has 2 aliphatic rings. The maximum atomic E-state index is 12.7. The van der Waals surface area contributed by atoms with Crippen molar-refractivity contribution in [2.75, 3.05) is 0 Å². The summed E-state index contributed by atoms with van der Waals surface area (Å²) in [5, 5.41) is 0. The van der Waals surface area contributed by atoms with Crippen molar-refractivity contribution in [3.05, 3.63) is 71.8 Å². The molecule has 0 saturated carbocycles. The van der Waals surface area contributed by atoms with Crippen LogP contribution in [0.5, 0.6) is 0 Å². The van der Waals surface area contributed by atoms with Crippen LogP contribution >= 0.6 is 0 Å². The zero-order valence-corrected chi connectivity index (χ0v) is 11.0. The lowest BCUT2D eigenvalue weighted by Crippen LogP contribution is -2.22. The molecule has 0 N–H and O–H groups in total. The summed E-state index contributed by atoms with van der Waals surface area (Å²) in [6.07, 6.45) is 14.0. The first kappa shape index (κ1) is 12.2. The monoisotopic (exact) mass is 250 g/mol. The summed E-state index contributed by atoms with van der Waals surface area (Å²) in [6, 6.07) is 9.68. The predicted octanol–water partition coefficient (Wildman–Crippen LogP) is 4.34. The van der Waals surface area contributed by atoms with Crippen LogP contribution < -0.4 is 0 Å². The van der Waals surface area contributed by atoms with E-state index in [0.29, 0.717) is 5.92 Å². The van der Waals surface area contributed by atoms with Crippen molar-refractivity contribution in [1.82, 2.24) is 0 Å². The smallest absolute Gasteiger partial charge is 0.169 e. The molecule has 1 aromatic carbocycles. The molecule has 1 heteroatoms. The Bertz CT molecular complexity index is 536. The van der Waals surface area contributed by atoms with Crippen LogP contribution in [0.4, 0.5) is 0 Å². The molecule has 0 aromatic heterocycles. The Labute approximate surface area is 114 Å². The molecule has 0 aliphatic heterocycles. The van der Waals surface area contributed by atoms with Crippen molar-refractivity contribution >= 4 is 5.78 Å². The molecule has 96 valence electrons. The maximum absolute atomic E-state index is 12.7. The summed E-state index contributed by atoms with van der Waals surface area (Å²) in [5.41, 5.74) is 2.14. The van der Waals surface area contributed by atoms with E-state index in [9.17, 15) is 4.79 Å². The van der Waals surface area contributed by atoms with Gasteiger partial charge in [-0.3, -0.25) is 4.79 Å². The van der Waals surface area contributed by atoms with E-state index in [1.807, 2.05) is 30.3 Å². The van der Waals surface area contributed by atoms with Gasteiger partial charge in [-0.15, -0.1) is 0 Å². The van der Waals surface area contributed by atoms with Crippen molar-refractivity contribution in [2.45, 2.75) is 19.3 Å². The van der Waals surface area contributed by atoms with Gasteiger partial charge in [-0.05, 0) is 19.3 Å². The maximum Gasteiger partial charge on any atom is 0.169 e. The molecule has 0 amide bonds. The molecule has 2 aliphatic carbocycles. The van der Waals surface area contributed by atoms with Crippen LogP contribution in [0.25, 0.3) is 0 Å². The van der Waals surface area contributed by atoms with Gasteiger partial charge in [0.2, 0.25) is 0 Å². The number of carbonyl (C=O) groups is 1. The van der Waals surface area contributed by atoms with E-state index < -0.39 is 0 Å². The van der Waals surface area contributed by atoms with Gasteiger partial charge in [-0.1, -0.05) is 66.3 Å².